The summed E-state index contributed by atoms with van der Waals surface area (Å²) in [6.45, 7) is 2.17. The Morgan fingerprint density at radius 1 is 0.625 bits per heavy atom. The molecule has 0 atom stereocenters. The molecule has 164 valence electrons. The average molecular weight is 440 g/mol. The van der Waals surface area contributed by atoms with Crippen LogP contribution in [0.4, 0.5) is 22.0 Å². The van der Waals surface area contributed by atoms with E-state index in [-0.39, 0.29) is 5.56 Å². The van der Waals surface area contributed by atoms with E-state index in [0.29, 0.717) is 17.7 Å². The molecule has 32 heavy (non-hydrogen) atoms. The minimum absolute atomic E-state index is 0.0534. The smallest absolute Gasteiger partial charge is 0.206 e. The van der Waals surface area contributed by atoms with Gasteiger partial charge in [-0.25, -0.2) is 8.78 Å². The van der Waals surface area contributed by atoms with E-state index in [1.807, 2.05) is 6.07 Å². The van der Waals surface area contributed by atoms with E-state index in [0.717, 1.165) is 41.2 Å². The third kappa shape index (κ3) is 4.52. The number of fused-ring (bicyclic) bond motifs is 1. The maximum atomic E-state index is 13.9. The number of benzene rings is 4. The lowest BCUT2D eigenvalue weighted by Gasteiger charge is -2.12. The largest absolute Gasteiger partial charge is 0.422 e. The zero-order chi connectivity index (χ0) is 22.9. The molecule has 0 nitrogen and oxygen atoms in total. The zero-order valence-electron chi connectivity index (χ0n) is 17.4. The Bertz CT molecular complexity index is 1230. The van der Waals surface area contributed by atoms with Gasteiger partial charge in [0.05, 0.1) is 0 Å². The van der Waals surface area contributed by atoms with Crippen LogP contribution in [0, 0.1) is 11.6 Å². The van der Waals surface area contributed by atoms with Gasteiger partial charge in [-0.05, 0) is 69.6 Å². The van der Waals surface area contributed by atoms with Crippen LogP contribution in [-0.4, -0.2) is 0 Å². The lowest BCUT2D eigenvalue weighted by molar-refractivity contribution is -0.142. The maximum Gasteiger partial charge on any atom is 0.422 e. The van der Waals surface area contributed by atoms with Crippen LogP contribution in [0.3, 0.4) is 0 Å². The van der Waals surface area contributed by atoms with Gasteiger partial charge in [0.1, 0.15) is 17.2 Å². The highest BCUT2D eigenvalue weighted by molar-refractivity contribution is 5.88. The lowest BCUT2D eigenvalue weighted by atomic mass is 9.96. The van der Waals surface area contributed by atoms with Gasteiger partial charge in [-0.1, -0.05) is 67.9 Å². The molecule has 4 aromatic rings. The predicted octanol–water partition coefficient (Wildman–Crippen LogP) is 8.81. The van der Waals surface area contributed by atoms with Crippen molar-refractivity contribution in [3.8, 4) is 22.3 Å². The van der Waals surface area contributed by atoms with Crippen molar-refractivity contribution in [3.05, 3.63) is 95.6 Å². The first-order chi connectivity index (χ1) is 15.3. The molecule has 0 N–H and O–H groups in total. The van der Waals surface area contributed by atoms with E-state index < -0.39 is 23.4 Å². The molecule has 0 amide bonds. The van der Waals surface area contributed by atoms with Crippen LogP contribution in [0.25, 0.3) is 33.0 Å². The summed E-state index contributed by atoms with van der Waals surface area (Å²) in [4.78, 5) is 0. The van der Waals surface area contributed by atoms with Gasteiger partial charge in [-0.15, -0.1) is 0 Å². The maximum absolute atomic E-state index is 13.9. The second-order valence-corrected chi connectivity index (χ2v) is 7.89. The molecule has 5 heteroatoms. The van der Waals surface area contributed by atoms with Gasteiger partial charge in [0.15, 0.2) is 0 Å². The van der Waals surface area contributed by atoms with Crippen LogP contribution < -0.4 is 0 Å². The van der Waals surface area contributed by atoms with Crippen LogP contribution in [0.5, 0.6) is 0 Å². The van der Waals surface area contributed by atoms with Gasteiger partial charge in [-0.2, -0.15) is 13.2 Å². The number of alkyl halides is 3. The number of hydrogen-bond acceptors (Lipinski definition) is 0. The molecule has 4 aromatic carbocycles. The highest BCUT2D eigenvalue weighted by atomic mass is 19.4. The minimum atomic E-state index is -5.08. The summed E-state index contributed by atoms with van der Waals surface area (Å²) >= 11 is 0. The number of halogens is 5. The lowest BCUT2D eigenvalue weighted by Crippen LogP contribution is -2.11. The summed E-state index contributed by atoms with van der Waals surface area (Å²) in [7, 11) is 0. The third-order valence-corrected chi connectivity index (χ3v) is 5.60. The predicted molar refractivity (Wildman–Crippen MR) is 118 cm³/mol. The Kier molecular flexibility index (Phi) is 6.00. The van der Waals surface area contributed by atoms with E-state index >= 15 is 0 Å². The van der Waals surface area contributed by atoms with Crippen LogP contribution >= 0.6 is 0 Å². The van der Waals surface area contributed by atoms with Gasteiger partial charge < -0.3 is 0 Å². The first-order valence-electron chi connectivity index (χ1n) is 10.5. The molecule has 0 aliphatic rings. The molecule has 0 spiro atoms. The second kappa shape index (κ2) is 8.73. The monoisotopic (exact) mass is 440 g/mol. The molecule has 0 aliphatic carbocycles. The fourth-order valence-corrected chi connectivity index (χ4v) is 3.88. The number of aryl methyl sites for hydroxylation is 1. The summed E-state index contributed by atoms with van der Waals surface area (Å²) in [5.41, 5.74) is 1.81. The fourth-order valence-electron chi connectivity index (χ4n) is 3.88. The van der Waals surface area contributed by atoms with E-state index in [2.05, 4.69) is 37.3 Å². The molecule has 0 aromatic heterocycles. The Morgan fingerprint density at radius 3 is 1.75 bits per heavy atom. The number of unbranched alkanes of at least 4 members (excludes halogenated alkanes) is 1. The zero-order valence-corrected chi connectivity index (χ0v) is 17.4. The van der Waals surface area contributed by atoms with Gasteiger partial charge in [0.2, 0.25) is 0 Å². The standard InChI is InChI=1S/C27H21F5/c1-2-3-4-17-5-6-22-14-21(12-11-20(22)13-17)18-7-9-19(10-8-18)23-15-24(28)26(25(29)16-23)27(30,31)32/h5-16H,2-4H2,1H3. The molecular formula is C27H21F5. The van der Waals surface area contributed by atoms with Crippen molar-refractivity contribution in [2.45, 2.75) is 32.4 Å². The summed E-state index contributed by atoms with van der Waals surface area (Å²) in [5, 5.41) is 2.27. The molecule has 0 saturated carbocycles. The van der Waals surface area contributed by atoms with Gasteiger partial charge >= 0.3 is 6.18 Å². The molecule has 0 saturated heterocycles. The normalized spacial score (nSPS) is 11.8. The van der Waals surface area contributed by atoms with Crippen molar-refractivity contribution < 1.29 is 22.0 Å². The van der Waals surface area contributed by atoms with Gasteiger partial charge in [-0.3, -0.25) is 0 Å². The third-order valence-electron chi connectivity index (χ3n) is 5.60. The molecule has 0 radical (unpaired) electrons. The SMILES string of the molecule is CCCCc1ccc2cc(-c3ccc(-c4cc(F)c(C(F)(F)F)c(F)c4)cc3)ccc2c1. The van der Waals surface area contributed by atoms with E-state index in [1.54, 1.807) is 24.3 Å². The number of hydrogen-bond donors (Lipinski definition) is 0. The van der Waals surface area contributed by atoms with E-state index in [9.17, 15) is 22.0 Å². The highest BCUT2D eigenvalue weighted by Crippen LogP contribution is 2.36. The molecule has 0 aliphatic heterocycles. The van der Waals surface area contributed by atoms with Crippen molar-refractivity contribution in [1.29, 1.82) is 0 Å². The Labute approximate surface area is 183 Å². The van der Waals surface area contributed by atoms with Crippen LogP contribution in [0.1, 0.15) is 30.9 Å². The highest BCUT2D eigenvalue weighted by Gasteiger charge is 2.37. The molecule has 0 unspecified atom stereocenters. The first-order valence-corrected chi connectivity index (χ1v) is 10.5. The number of rotatable bonds is 5. The van der Waals surface area contributed by atoms with E-state index in [4.69, 9.17) is 0 Å². The van der Waals surface area contributed by atoms with Gasteiger partial charge in [0, 0.05) is 0 Å². The second-order valence-electron chi connectivity index (χ2n) is 7.89. The molecule has 0 heterocycles. The van der Waals surface area contributed by atoms with Crippen LogP contribution in [-0.2, 0) is 12.6 Å². The van der Waals surface area contributed by atoms with Crippen LogP contribution in [0.15, 0.2) is 72.8 Å². The summed E-state index contributed by atoms with van der Waals surface area (Å²) in [5.74, 6) is -3.24. The van der Waals surface area contributed by atoms with Crippen molar-refractivity contribution in [1.82, 2.24) is 0 Å². The Morgan fingerprint density at radius 2 is 1.16 bits per heavy atom. The fraction of sp³-hybridized carbons (Fsp3) is 0.185. The summed E-state index contributed by atoms with van der Waals surface area (Å²) in [6.07, 6.45) is -1.72. The minimum Gasteiger partial charge on any atom is -0.206 e. The van der Waals surface area contributed by atoms with Crippen molar-refractivity contribution >= 4 is 10.8 Å². The van der Waals surface area contributed by atoms with Crippen molar-refractivity contribution in [2.75, 3.05) is 0 Å². The first kappa shape index (κ1) is 22.0. The molecule has 0 fully saturated rings. The molecule has 0 bridgehead atoms. The topological polar surface area (TPSA) is 0 Å². The van der Waals surface area contributed by atoms with Crippen LogP contribution in [0.2, 0.25) is 0 Å². The average Bonchev–Trinajstić information content (AvgIpc) is 2.76. The molecular weight excluding hydrogens is 419 g/mol. The van der Waals surface area contributed by atoms with Crippen molar-refractivity contribution in [2.24, 2.45) is 0 Å². The van der Waals surface area contributed by atoms with Gasteiger partial charge in [0.25, 0.3) is 0 Å². The summed E-state index contributed by atoms with van der Waals surface area (Å²) in [6, 6.07) is 20.9. The molecule has 4 rings (SSSR count). The van der Waals surface area contributed by atoms with Crippen molar-refractivity contribution in [3.63, 3.8) is 0 Å². The quantitative estimate of drug-likeness (QED) is 0.272. The Balaban J connectivity index is 1.62. The van der Waals surface area contributed by atoms with E-state index in [1.165, 1.54) is 5.56 Å². The summed E-state index contributed by atoms with van der Waals surface area (Å²) < 4.78 is 66.2. The Hall–Kier alpha value is -3.21.